The number of nitrogens with zero attached hydrogens (tertiary/aromatic N) is 1. The lowest BCUT2D eigenvalue weighted by Crippen LogP contribution is -2.49. The van der Waals surface area contributed by atoms with Gasteiger partial charge in [0.2, 0.25) is 0 Å². The summed E-state index contributed by atoms with van der Waals surface area (Å²) in [6.07, 6.45) is 1.64. The van der Waals surface area contributed by atoms with Gasteiger partial charge in [-0.25, -0.2) is 4.79 Å². The Balaban J connectivity index is 1.75. The topological polar surface area (TPSA) is 29.5 Å². The highest BCUT2D eigenvalue weighted by atomic mass is 16.6. The second-order valence-electron chi connectivity index (χ2n) is 3.94. The molecule has 0 N–H and O–H groups in total. The number of amides is 1. The van der Waals surface area contributed by atoms with E-state index in [2.05, 4.69) is 6.58 Å². The van der Waals surface area contributed by atoms with Crippen LogP contribution in [0.3, 0.4) is 0 Å². The van der Waals surface area contributed by atoms with Crippen molar-refractivity contribution in [2.24, 2.45) is 5.92 Å². The van der Waals surface area contributed by atoms with Gasteiger partial charge in [-0.05, 0) is 5.56 Å². The van der Waals surface area contributed by atoms with Crippen LogP contribution in [0, 0.1) is 5.92 Å². The Labute approximate surface area is 95.3 Å². The number of benzene rings is 1. The molecule has 1 saturated heterocycles. The molecule has 0 unspecified atom stereocenters. The highest BCUT2D eigenvalue weighted by Crippen LogP contribution is 2.17. The Bertz CT molecular complexity index is 369. The number of ether oxygens (including phenoxy) is 1. The summed E-state index contributed by atoms with van der Waals surface area (Å²) < 4.78 is 5.18. The molecule has 1 heterocycles. The molecular formula is C13H15NO2. The fourth-order valence-corrected chi connectivity index (χ4v) is 1.62. The highest BCUT2D eigenvalue weighted by Gasteiger charge is 2.29. The van der Waals surface area contributed by atoms with E-state index in [0.717, 1.165) is 18.7 Å². The van der Waals surface area contributed by atoms with Gasteiger partial charge in [-0.1, -0.05) is 36.4 Å². The summed E-state index contributed by atoms with van der Waals surface area (Å²) in [4.78, 5) is 13.2. The van der Waals surface area contributed by atoms with E-state index in [4.69, 9.17) is 4.74 Å². The molecule has 16 heavy (non-hydrogen) atoms. The molecule has 84 valence electrons. The zero-order chi connectivity index (χ0) is 11.4. The van der Waals surface area contributed by atoms with Crippen LogP contribution in [0.2, 0.25) is 0 Å². The van der Waals surface area contributed by atoms with E-state index in [0.29, 0.717) is 12.5 Å². The van der Waals surface area contributed by atoms with Crippen LogP contribution >= 0.6 is 0 Å². The lowest BCUT2D eigenvalue weighted by molar-refractivity contribution is 0.0606. The van der Waals surface area contributed by atoms with Crippen LogP contribution in [-0.4, -0.2) is 24.1 Å². The predicted octanol–water partition coefficient (Wildman–Crippen LogP) is 2.44. The summed E-state index contributed by atoms with van der Waals surface area (Å²) in [5, 5.41) is 0. The molecule has 0 aliphatic carbocycles. The Morgan fingerprint density at radius 3 is 2.75 bits per heavy atom. The van der Waals surface area contributed by atoms with Crippen LogP contribution in [0.5, 0.6) is 0 Å². The molecule has 1 amide bonds. The third-order valence-corrected chi connectivity index (χ3v) is 2.71. The van der Waals surface area contributed by atoms with Crippen molar-refractivity contribution in [3.05, 3.63) is 48.6 Å². The first-order valence-electron chi connectivity index (χ1n) is 5.38. The zero-order valence-electron chi connectivity index (χ0n) is 9.13. The SMILES string of the molecule is C=CC1CN(C(=O)OCc2ccccc2)C1. The molecule has 0 aromatic heterocycles. The lowest BCUT2D eigenvalue weighted by atomic mass is 10.0. The minimum atomic E-state index is -0.234. The monoisotopic (exact) mass is 217 g/mol. The van der Waals surface area contributed by atoms with Gasteiger partial charge in [0.05, 0.1) is 0 Å². The van der Waals surface area contributed by atoms with Gasteiger partial charge in [0.15, 0.2) is 0 Å². The van der Waals surface area contributed by atoms with Gasteiger partial charge in [-0.15, -0.1) is 6.58 Å². The highest BCUT2D eigenvalue weighted by molar-refractivity contribution is 5.68. The summed E-state index contributed by atoms with van der Waals surface area (Å²) >= 11 is 0. The molecule has 3 heteroatoms. The molecule has 1 aromatic carbocycles. The van der Waals surface area contributed by atoms with Crippen LogP contribution < -0.4 is 0 Å². The average Bonchev–Trinajstić information content (AvgIpc) is 2.26. The van der Waals surface area contributed by atoms with E-state index in [1.165, 1.54) is 0 Å². The third-order valence-electron chi connectivity index (χ3n) is 2.71. The standard InChI is InChI=1S/C13H15NO2/c1-2-11-8-14(9-11)13(15)16-10-12-6-4-3-5-7-12/h2-7,11H,1,8-10H2. The minimum absolute atomic E-state index is 0.234. The van der Waals surface area contributed by atoms with E-state index in [1.54, 1.807) is 4.90 Å². The minimum Gasteiger partial charge on any atom is -0.445 e. The molecular weight excluding hydrogens is 202 g/mol. The maximum absolute atomic E-state index is 11.5. The summed E-state index contributed by atoms with van der Waals surface area (Å²) in [6.45, 7) is 5.50. The van der Waals surface area contributed by atoms with E-state index >= 15 is 0 Å². The van der Waals surface area contributed by atoms with Crippen molar-refractivity contribution < 1.29 is 9.53 Å². The maximum atomic E-state index is 11.5. The lowest BCUT2D eigenvalue weighted by Gasteiger charge is -2.36. The predicted molar refractivity (Wildman–Crippen MR) is 61.9 cm³/mol. The Morgan fingerprint density at radius 2 is 2.12 bits per heavy atom. The summed E-state index contributed by atoms with van der Waals surface area (Å²) in [6, 6.07) is 9.68. The van der Waals surface area contributed by atoms with Crippen molar-refractivity contribution in [1.29, 1.82) is 0 Å². The van der Waals surface area contributed by atoms with E-state index in [9.17, 15) is 4.79 Å². The summed E-state index contributed by atoms with van der Waals surface area (Å²) in [5.41, 5.74) is 1.01. The summed E-state index contributed by atoms with van der Waals surface area (Å²) in [5.74, 6) is 0.435. The second kappa shape index (κ2) is 4.84. The second-order valence-corrected chi connectivity index (χ2v) is 3.94. The van der Waals surface area contributed by atoms with Crippen molar-refractivity contribution in [2.45, 2.75) is 6.61 Å². The third kappa shape index (κ3) is 2.42. The largest absolute Gasteiger partial charge is 0.445 e. The first kappa shape index (κ1) is 10.7. The number of rotatable bonds is 3. The Hall–Kier alpha value is -1.77. The molecule has 2 rings (SSSR count). The van der Waals surface area contributed by atoms with Crippen LogP contribution in [0.25, 0.3) is 0 Å². The Kier molecular flexibility index (Phi) is 3.25. The van der Waals surface area contributed by atoms with Crippen molar-refractivity contribution in [3.8, 4) is 0 Å². The summed E-state index contributed by atoms with van der Waals surface area (Å²) in [7, 11) is 0. The van der Waals surface area contributed by atoms with Crippen molar-refractivity contribution >= 4 is 6.09 Å². The molecule has 3 nitrogen and oxygen atoms in total. The van der Waals surface area contributed by atoms with Crippen LogP contribution in [-0.2, 0) is 11.3 Å². The fraction of sp³-hybridized carbons (Fsp3) is 0.308. The van der Waals surface area contributed by atoms with Gasteiger partial charge < -0.3 is 9.64 Å². The number of likely N-dealkylation sites (tertiary alicyclic amines) is 1. The number of carbonyl (C=O) groups is 1. The van der Waals surface area contributed by atoms with Crippen molar-refractivity contribution in [2.75, 3.05) is 13.1 Å². The maximum Gasteiger partial charge on any atom is 0.410 e. The number of carbonyl (C=O) groups excluding carboxylic acids is 1. The normalized spacial score (nSPS) is 15.4. The van der Waals surface area contributed by atoms with Gasteiger partial charge in [0.1, 0.15) is 6.61 Å². The smallest absolute Gasteiger partial charge is 0.410 e. The molecule has 0 saturated carbocycles. The molecule has 1 aliphatic heterocycles. The van der Waals surface area contributed by atoms with Crippen molar-refractivity contribution in [1.82, 2.24) is 4.90 Å². The molecule has 0 spiro atoms. The first-order chi connectivity index (χ1) is 7.79. The molecule has 1 fully saturated rings. The van der Waals surface area contributed by atoms with Crippen LogP contribution in [0.1, 0.15) is 5.56 Å². The Morgan fingerprint density at radius 1 is 1.44 bits per heavy atom. The number of hydrogen-bond acceptors (Lipinski definition) is 2. The van der Waals surface area contributed by atoms with Crippen LogP contribution in [0.15, 0.2) is 43.0 Å². The van der Waals surface area contributed by atoms with E-state index in [1.807, 2.05) is 36.4 Å². The molecule has 1 aromatic rings. The van der Waals surface area contributed by atoms with Gasteiger partial charge in [-0.3, -0.25) is 0 Å². The van der Waals surface area contributed by atoms with Gasteiger partial charge in [0.25, 0.3) is 0 Å². The fourth-order valence-electron chi connectivity index (χ4n) is 1.62. The van der Waals surface area contributed by atoms with Crippen molar-refractivity contribution in [3.63, 3.8) is 0 Å². The van der Waals surface area contributed by atoms with Gasteiger partial charge in [-0.2, -0.15) is 0 Å². The average molecular weight is 217 g/mol. The van der Waals surface area contributed by atoms with Crippen LogP contribution in [0.4, 0.5) is 4.79 Å². The molecule has 1 aliphatic rings. The zero-order valence-corrected chi connectivity index (χ0v) is 9.13. The molecule has 0 atom stereocenters. The molecule has 0 radical (unpaired) electrons. The van der Waals surface area contributed by atoms with E-state index < -0.39 is 0 Å². The first-order valence-corrected chi connectivity index (χ1v) is 5.38. The molecule has 0 bridgehead atoms. The number of hydrogen-bond donors (Lipinski definition) is 0. The van der Waals surface area contributed by atoms with Gasteiger partial charge in [0, 0.05) is 19.0 Å². The van der Waals surface area contributed by atoms with Gasteiger partial charge >= 0.3 is 6.09 Å². The van der Waals surface area contributed by atoms with E-state index in [-0.39, 0.29) is 6.09 Å². The quantitative estimate of drug-likeness (QED) is 0.728.